The second-order valence-electron chi connectivity index (χ2n) is 8.03. The summed E-state index contributed by atoms with van der Waals surface area (Å²) < 4.78 is 19.1. The molecule has 1 aliphatic heterocycles. The lowest BCUT2D eigenvalue weighted by Crippen LogP contribution is -2.50. The van der Waals surface area contributed by atoms with Gasteiger partial charge in [0.25, 0.3) is 5.91 Å². The standard InChI is InChI=1S/C23H28FN5O2S/c1-3-4-19-20(31-22(27-19)17-5-7-18(24)8-6-17)21(30)26-16(2)15-28-10-12-29(13-11-28)23-25-9-14-32-23/h5-9,14,16H,3-4,10-13,15H2,1-2H3,(H,26,30). The van der Waals surface area contributed by atoms with Crippen LogP contribution in [-0.2, 0) is 6.42 Å². The molecule has 1 N–H and O–H groups in total. The molecule has 4 rings (SSSR count). The molecular weight excluding hydrogens is 429 g/mol. The van der Waals surface area contributed by atoms with Crippen molar-refractivity contribution >= 4 is 22.4 Å². The fraction of sp³-hybridized carbons (Fsp3) is 0.435. The van der Waals surface area contributed by atoms with Crippen LogP contribution in [0.1, 0.15) is 36.5 Å². The van der Waals surface area contributed by atoms with Crippen molar-refractivity contribution in [2.24, 2.45) is 0 Å². The van der Waals surface area contributed by atoms with Gasteiger partial charge in [0.15, 0.2) is 5.13 Å². The molecule has 0 bridgehead atoms. The lowest BCUT2D eigenvalue weighted by atomic mass is 10.2. The third-order valence-electron chi connectivity index (χ3n) is 5.45. The number of halogens is 1. The molecule has 0 radical (unpaired) electrons. The first-order valence-electron chi connectivity index (χ1n) is 11.0. The maximum absolute atomic E-state index is 13.2. The molecule has 3 heterocycles. The summed E-state index contributed by atoms with van der Waals surface area (Å²) in [5.41, 5.74) is 1.28. The van der Waals surface area contributed by atoms with E-state index in [0.29, 0.717) is 23.6 Å². The van der Waals surface area contributed by atoms with Gasteiger partial charge in [0.2, 0.25) is 11.7 Å². The molecule has 1 aliphatic rings. The highest BCUT2D eigenvalue weighted by molar-refractivity contribution is 7.13. The summed E-state index contributed by atoms with van der Waals surface area (Å²) >= 11 is 1.66. The number of carbonyl (C=O) groups excluding carboxylic acids is 1. The van der Waals surface area contributed by atoms with Crippen LogP contribution in [0, 0.1) is 5.82 Å². The molecule has 170 valence electrons. The monoisotopic (exact) mass is 457 g/mol. The first-order chi connectivity index (χ1) is 15.5. The number of aryl methyl sites for hydroxylation is 1. The van der Waals surface area contributed by atoms with Crippen LogP contribution in [0.2, 0.25) is 0 Å². The van der Waals surface area contributed by atoms with Crippen molar-refractivity contribution in [2.75, 3.05) is 37.6 Å². The molecule has 1 saturated heterocycles. The minimum absolute atomic E-state index is 0.0391. The van der Waals surface area contributed by atoms with Crippen molar-refractivity contribution < 1.29 is 13.6 Å². The van der Waals surface area contributed by atoms with Gasteiger partial charge in [-0.15, -0.1) is 11.3 Å². The lowest BCUT2D eigenvalue weighted by molar-refractivity contribution is 0.0899. The molecule has 7 nitrogen and oxygen atoms in total. The van der Waals surface area contributed by atoms with E-state index in [-0.39, 0.29) is 23.5 Å². The molecule has 1 amide bonds. The van der Waals surface area contributed by atoms with E-state index < -0.39 is 0 Å². The number of oxazole rings is 1. The van der Waals surface area contributed by atoms with Crippen LogP contribution in [0.25, 0.3) is 11.5 Å². The number of piperazine rings is 1. The van der Waals surface area contributed by atoms with Crippen LogP contribution in [0.3, 0.4) is 0 Å². The Bertz CT molecular complexity index is 1010. The fourth-order valence-corrected chi connectivity index (χ4v) is 4.56. The maximum atomic E-state index is 13.2. The number of hydrogen-bond acceptors (Lipinski definition) is 7. The Morgan fingerprint density at radius 2 is 2.00 bits per heavy atom. The zero-order valence-electron chi connectivity index (χ0n) is 18.4. The molecule has 3 aromatic rings. The second-order valence-corrected chi connectivity index (χ2v) is 8.90. The van der Waals surface area contributed by atoms with Crippen LogP contribution < -0.4 is 10.2 Å². The number of amides is 1. The first-order valence-corrected chi connectivity index (χ1v) is 11.8. The number of rotatable bonds is 8. The highest BCUT2D eigenvalue weighted by atomic mass is 32.1. The Labute approximate surface area is 191 Å². The van der Waals surface area contributed by atoms with Crippen molar-refractivity contribution in [3.05, 3.63) is 53.1 Å². The maximum Gasteiger partial charge on any atom is 0.289 e. The van der Waals surface area contributed by atoms with Crippen molar-refractivity contribution in [1.29, 1.82) is 0 Å². The van der Waals surface area contributed by atoms with Crippen LogP contribution in [-0.4, -0.2) is 59.5 Å². The van der Waals surface area contributed by atoms with Gasteiger partial charge in [-0.1, -0.05) is 13.3 Å². The fourth-order valence-electron chi connectivity index (χ4n) is 3.87. The molecular formula is C23H28FN5O2S. The summed E-state index contributed by atoms with van der Waals surface area (Å²) in [6.07, 6.45) is 3.32. The average Bonchev–Trinajstić information content (AvgIpc) is 3.46. The topological polar surface area (TPSA) is 74.5 Å². The smallest absolute Gasteiger partial charge is 0.289 e. The van der Waals surface area contributed by atoms with Crippen LogP contribution in [0.4, 0.5) is 9.52 Å². The van der Waals surface area contributed by atoms with E-state index in [0.717, 1.165) is 44.3 Å². The van der Waals surface area contributed by atoms with Crippen LogP contribution >= 0.6 is 11.3 Å². The quantitative estimate of drug-likeness (QED) is 0.554. The van der Waals surface area contributed by atoms with E-state index in [1.807, 2.05) is 25.4 Å². The summed E-state index contributed by atoms with van der Waals surface area (Å²) in [5, 5.41) is 6.12. The zero-order chi connectivity index (χ0) is 22.5. The van der Waals surface area contributed by atoms with Gasteiger partial charge in [-0.3, -0.25) is 9.69 Å². The SMILES string of the molecule is CCCc1nc(-c2ccc(F)cc2)oc1C(=O)NC(C)CN1CCN(c2nccs2)CC1. The summed E-state index contributed by atoms with van der Waals surface area (Å²) in [7, 11) is 0. The highest BCUT2D eigenvalue weighted by Gasteiger charge is 2.24. The van der Waals surface area contributed by atoms with Crippen LogP contribution in [0.15, 0.2) is 40.3 Å². The normalized spacial score (nSPS) is 15.7. The van der Waals surface area contributed by atoms with Crippen LogP contribution in [0.5, 0.6) is 0 Å². The number of carbonyl (C=O) groups is 1. The number of aromatic nitrogens is 2. The van der Waals surface area contributed by atoms with Crippen molar-refractivity contribution in [3.63, 3.8) is 0 Å². The molecule has 1 fully saturated rings. The number of nitrogens with zero attached hydrogens (tertiary/aromatic N) is 4. The number of thiazole rings is 1. The van der Waals surface area contributed by atoms with E-state index >= 15 is 0 Å². The number of benzene rings is 1. The minimum Gasteiger partial charge on any atom is -0.431 e. The number of nitrogens with one attached hydrogen (secondary N) is 1. The van der Waals surface area contributed by atoms with Gasteiger partial charge in [0, 0.05) is 55.9 Å². The van der Waals surface area contributed by atoms with E-state index in [2.05, 4.69) is 25.1 Å². The largest absolute Gasteiger partial charge is 0.431 e. The molecule has 0 spiro atoms. The van der Waals surface area contributed by atoms with E-state index in [9.17, 15) is 9.18 Å². The third-order valence-corrected chi connectivity index (χ3v) is 6.29. The minimum atomic E-state index is -0.326. The second kappa shape index (κ2) is 10.2. The third kappa shape index (κ3) is 5.34. The van der Waals surface area contributed by atoms with Gasteiger partial charge in [-0.2, -0.15) is 0 Å². The van der Waals surface area contributed by atoms with Gasteiger partial charge in [-0.05, 0) is 37.6 Å². The molecule has 1 unspecified atom stereocenters. The first kappa shape index (κ1) is 22.4. The van der Waals surface area contributed by atoms with E-state index in [4.69, 9.17) is 4.42 Å². The Balaban J connectivity index is 1.36. The molecule has 0 aliphatic carbocycles. The van der Waals surface area contributed by atoms with Crippen molar-refractivity contribution in [2.45, 2.75) is 32.7 Å². The Hall–Kier alpha value is -2.78. The molecule has 1 atom stereocenters. The number of anilines is 1. The molecule has 0 saturated carbocycles. The predicted octanol–water partition coefficient (Wildman–Crippen LogP) is 3.83. The Morgan fingerprint density at radius 1 is 1.25 bits per heavy atom. The van der Waals surface area contributed by atoms with Gasteiger partial charge >= 0.3 is 0 Å². The van der Waals surface area contributed by atoms with Gasteiger partial charge < -0.3 is 14.6 Å². The molecule has 9 heteroatoms. The van der Waals surface area contributed by atoms with Crippen molar-refractivity contribution in [3.8, 4) is 11.5 Å². The predicted molar refractivity (Wildman–Crippen MR) is 124 cm³/mol. The van der Waals surface area contributed by atoms with Gasteiger partial charge in [0.05, 0.1) is 5.69 Å². The summed E-state index contributed by atoms with van der Waals surface area (Å²) in [5.74, 6) is -0.00669. The number of hydrogen-bond donors (Lipinski definition) is 1. The Morgan fingerprint density at radius 3 is 2.66 bits per heavy atom. The van der Waals surface area contributed by atoms with Gasteiger partial charge in [0.1, 0.15) is 5.82 Å². The van der Waals surface area contributed by atoms with E-state index in [1.54, 1.807) is 23.5 Å². The summed E-state index contributed by atoms with van der Waals surface area (Å²) in [4.78, 5) is 26.5. The molecule has 2 aromatic heterocycles. The lowest BCUT2D eigenvalue weighted by Gasteiger charge is -2.35. The highest BCUT2D eigenvalue weighted by Crippen LogP contribution is 2.24. The average molecular weight is 458 g/mol. The summed E-state index contributed by atoms with van der Waals surface area (Å²) in [6.45, 7) is 8.51. The summed E-state index contributed by atoms with van der Waals surface area (Å²) in [6, 6.07) is 5.88. The van der Waals surface area contributed by atoms with Gasteiger partial charge in [-0.25, -0.2) is 14.4 Å². The zero-order valence-corrected chi connectivity index (χ0v) is 19.2. The Kier molecular flexibility index (Phi) is 7.16. The van der Waals surface area contributed by atoms with E-state index in [1.165, 1.54) is 12.1 Å². The molecule has 32 heavy (non-hydrogen) atoms. The molecule has 1 aromatic carbocycles. The van der Waals surface area contributed by atoms with Crippen molar-refractivity contribution in [1.82, 2.24) is 20.2 Å².